The number of benzene rings is 1. The molecule has 1 amide bonds. The molecule has 0 saturated heterocycles. The first-order chi connectivity index (χ1) is 15.5. The van der Waals surface area contributed by atoms with Crippen molar-refractivity contribution in [2.45, 2.75) is 13.5 Å². The highest BCUT2D eigenvalue weighted by Crippen LogP contribution is 2.35. The summed E-state index contributed by atoms with van der Waals surface area (Å²) in [5.41, 5.74) is 1.23. The largest absolute Gasteiger partial charge is 0.480 e. The van der Waals surface area contributed by atoms with Gasteiger partial charge in [-0.3, -0.25) is 4.79 Å². The summed E-state index contributed by atoms with van der Waals surface area (Å²) in [5.74, 6) is 1.01. The zero-order chi connectivity index (χ0) is 22.7. The van der Waals surface area contributed by atoms with Crippen molar-refractivity contribution >= 4 is 33.1 Å². The van der Waals surface area contributed by atoms with Gasteiger partial charge in [0, 0.05) is 13.2 Å². The minimum atomic E-state index is -0.349. The van der Waals surface area contributed by atoms with Gasteiger partial charge < -0.3 is 19.5 Å². The highest BCUT2D eigenvalue weighted by Gasteiger charge is 2.21. The van der Waals surface area contributed by atoms with Crippen LogP contribution in [-0.4, -0.2) is 35.1 Å². The molecule has 1 aromatic carbocycles. The molecule has 0 spiro atoms. The number of pyridine rings is 1. The van der Waals surface area contributed by atoms with Crippen LogP contribution in [0.15, 0.2) is 42.6 Å². The van der Waals surface area contributed by atoms with E-state index in [1.54, 1.807) is 19.2 Å². The van der Waals surface area contributed by atoms with Crippen LogP contribution in [0.1, 0.15) is 21.1 Å². The van der Waals surface area contributed by atoms with E-state index in [1.807, 2.05) is 6.92 Å². The molecule has 10 heteroatoms. The molecule has 0 unspecified atom stereocenters. The van der Waals surface area contributed by atoms with Crippen LogP contribution in [0.5, 0.6) is 17.5 Å². The molecular formula is C22H19FN4O4S. The number of carbonyl (C=O) groups is 1. The molecule has 0 aliphatic carbocycles. The zero-order valence-corrected chi connectivity index (χ0v) is 18.3. The first-order valence-electron chi connectivity index (χ1n) is 9.52. The van der Waals surface area contributed by atoms with E-state index in [9.17, 15) is 9.18 Å². The molecule has 1 N–H and O–H groups in total. The number of hydrogen-bond donors (Lipinski definition) is 1. The number of rotatable bonds is 7. The number of carbonyl (C=O) groups excluding carboxylic acids is 1. The second-order valence-electron chi connectivity index (χ2n) is 6.71. The molecule has 0 fully saturated rings. The molecule has 3 aromatic heterocycles. The molecule has 0 bridgehead atoms. The van der Waals surface area contributed by atoms with Crippen LogP contribution in [0, 0.1) is 12.7 Å². The number of nitrogens with one attached hydrogen (secondary N) is 1. The molecule has 0 atom stereocenters. The van der Waals surface area contributed by atoms with Gasteiger partial charge in [0.05, 0.1) is 29.3 Å². The van der Waals surface area contributed by atoms with E-state index in [1.165, 1.54) is 48.9 Å². The molecule has 0 aliphatic heterocycles. The molecule has 32 heavy (non-hydrogen) atoms. The number of aromatic nitrogens is 3. The standard InChI is InChI=1S/C22H19FN4O4S/c1-12-18-21(30-3)26-16(11-29-2)27-22(18)32-19(12)20(28)25-14-6-9-17(24-10-14)31-15-7-4-13(23)5-8-15/h4-10H,11H2,1-3H3,(H,25,28). The number of nitrogens with zero attached hydrogens (tertiary/aromatic N) is 3. The lowest BCUT2D eigenvalue weighted by molar-refractivity contribution is 0.103. The molecule has 3 heterocycles. The second kappa shape index (κ2) is 9.25. The van der Waals surface area contributed by atoms with Crippen molar-refractivity contribution in [1.29, 1.82) is 0 Å². The van der Waals surface area contributed by atoms with Gasteiger partial charge in [-0.2, -0.15) is 4.98 Å². The Hall–Kier alpha value is -3.63. The number of anilines is 1. The summed E-state index contributed by atoms with van der Waals surface area (Å²) in [6.07, 6.45) is 1.48. The fourth-order valence-electron chi connectivity index (χ4n) is 3.03. The topological polar surface area (TPSA) is 95.5 Å². The maximum Gasteiger partial charge on any atom is 0.266 e. The summed E-state index contributed by atoms with van der Waals surface area (Å²) in [6, 6.07) is 8.90. The van der Waals surface area contributed by atoms with Gasteiger partial charge in [-0.05, 0) is 42.8 Å². The lowest BCUT2D eigenvalue weighted by atomic mass is 10.2. The van der Waals surface area contributed by atoms with E-state index in [-0.39, 0.29) is 18.3 Å². The highest BCUT2D eigenvalue weighted by molar-refractivity contribution is 7.20. The van der Waals surface area contributed by atoms with Crippen molar-refractivity contribution in [3.63, 3.8) is 0 Å². The quantitative estimate of drug-likeness (QED) is 0.431. The maximum atomic E-state index is 13.0. The molecule has 4 rings (SSSR count). The molecule has 0 radical (unpaired) electrons. The van der Waals surface area contributed by atoms with E-state index < -0.39 is 0 Å². The number of aryl methyl sites for hydroxylation is 1. The lowest BCUT2D eigenvalue weighted by Crippen LogP contribution is -2.11. The van der Waals surface area contributed by atoms with Gasteiger partial charge in [0.25, 0.3) is 5.91 Å². The Balaban J connectivity index is 1.53. The molecule has 0 aliphatic rings. The second-order valence-corrected chi connectivity index (χ2v) is 7.71. The van der Waals surface area contributed by atoms with Gasteiger partial charge in [0.2, 0.25) is 11.8 Å². The van der Waals surface area contributed by atoms with Crippen LogP contribution in [0.4, 0.5) is 10.1 Å². The number of amides is 1. The first-order valence-corrected chi connectivity index (χ1v) is 10.3. The predicted molar refractivity (Wildman–Crippen MR) is 118 cm³/mol. The average molecular weight is 454 g/mol. The Morgan fingerprint density at radius 1 is 1.12 bits per heavy atom. The van der Waals surface area contributed by atoms with Crippen molar-refractivity contribution in [3.05, 3.63) is 64.7 Å². The van der Waals surface area contributed by atoms with Crippen molar-refractivity contribution in [2.24, 2.45) is 0 Å². The smallest absolute Gasteiger partial charge is 0.266 e. The Kier molecular flexibility index (Phi) is 6.24. The Morgan fingerprint density at radius 3 is 2.56 bits per heavy atom. The summed E-state index contributed by atoms with van der Waals surface area (Å²) in [7, 11) is 3.08. The van der Waals surface area contributed by atoms with E-state index in [2.05, 4.69) is 20.3 Å². The van der Waals surface area contributed by atoms with E-state index in [0.717, 1.165) is 5.56 Å². The first kappa shape index (κ1) is 21.6. The van der Waals surface area contributed by atoms with Crippen molar-refractivity contribution < 1.29 is 23.4 Å². The zero-order valence-electron chi connectivity index (χ0n) is 17.5. The Labute approximate surface area is 187 Å². The molecule has 4 aromatic rings. The van der Waals surface area contributed by atoms with Crippen LogP contribution < -0.4 is 14.8 Å². The van der Waals surface area contributed by atoms with E-state index in [4.69, 9.17) is 14.2 Å². The van der Waals surface area contributed by atoms with Crippen molar-refractivity contribution in [1.82, 2.24) is 15.0 Å². The summed E-state index contributed by atoms with van der Waals surface area (Å²) >= 11 is 1.25. The number of fused-ring (bicyclic) bond motifs is 1. The fraction of sp³-hybridized carbons (Fsp3) is 0.182. The van der Waals surface area contributed by atoms with Gasteiger partial charge in [0.1, 0.15) is 23.0 Å². The van der Waals surface area contributed by atoms with E-state index >= 15 is 0 Å². The number of ether oxygens (including phenoxy) is 3. The van der Waals surface area contributed by atoms with Crippen molar-refractivity contribution in [3.8, 4) is 17.5 Å². The summed E-state index contributed by atoms with van der Waals surface area (Å²) in [5, 5.41) is 3.52. The van der Waals surface area contributed by atoms with Crippen LogP contribution in [-0.2, 0) is 11.3 Å². The third kappa shape index (κ3) is 4.51. The third-order valence-electron chi connectivity index (χ3n) is 4.51. The van der Waals surface area contributed by atoms with E-state index in [0.29, 0.717) is 44.1 Å². The lowest BCUT2D eigenvalue weighted by Gasteiger charge is -2.07. The summed E-state index contributed by atoms with van der Waals surface area (Å²) in [6.45, 7) is 2.07. The van der Waals surface area contributed by atoms with Gasteiger partial charge in [-0.1, -0.05) is 0 Å². The van der Waals surface area contributed by atoms with Crippen LogP contribution in [0.2, 0.25) is 0 Å². The molecule has 0 saturated carbocycles. The minimum absolute atomic E-state index is 0.239. The number of methoxy groups -OCH3 is 2. The average Bonchev–Trinajstić information content (AvgIpc) is 3.13. The SMILES string of the molecule is COCc1nc(OC)c2c(C)c(C(=O)Nc3ccc(Oc4ccc(F)cc4)nc3)sc2n1. The molecular weight excluding hydrogens is 435 g/mol. The Morgan fingerprint density at radius 2 is 1.91 bits per heavy atom. The third-order valence-corrected chi connectivity index (χ3v) is 5.69. The van der Waals surface area contributed by atoms with Crippen molar-refractivity contribution in [2.75, 3.05) is 19.5 Å². The fourth-order valence-corrected chi connectivity index (χ4v) is 4.11. The number of hydrogen-bond acceptors (Lipinski definition) is 8. The number of halogens is 1. The summed E-state index contributed by atoms with van der Waals surface area (Å²) in [4.78, 5) is 27.1. The minimum Gasteiger partial charge on any atom is -0.480 e. The van der Waals surface area contributed by atoms with Gasteiger partial charge in [-0.25, -0.2) is 14.4 Å². The van der Waals surface area contributed by atoms with Gasteiger partial charge in [-0.15, -0.1) is 11.3 Å². The predicted octanol–water partition coefficient (Wildman–Crippen LogP) is 4.73. The van der Waals surface area contributed by atoms with Crippen LogP contribution in [0.3, 0.4) is 0 Å². The Bertz CT molecular complexity index is 1260. The van der Waals surface area contributed by atoms with Gasteiger partial charge in [0.15, 0.2) is 5.82 Å². The number of thiophene rings is 1. The molecule has 164 valence electrons. The molecule has 8 nitrogen and oxygen atoms in total. The highest BCUT2D eigenvalue weighted by atomic mass is 32.1. The monoisotopic (exact) mass is 454 g/mol. The van der Waals surface area contributed by atoms with Crippen LogP contribution in [0.25, 0.3) is 10.2 Å². The summed E-state index contributed by atoms with van der Waals surface area (Å²) < 4.78 is 29.1. The van der Waals surface area contributed by atoms with Crippen LogP contribution >= 0.6 is 11.3 Å². The normalized spacial score (nSPS) is 10.9. The van der Waals surface area contributed by atoms with Gasteiger partial charge >= 0.3 is 0 Å². The maximum absolute atomic E-state index is 13.0.